The van der Waals surface area contributed by atoms with E-state index in [4.69, 9.17) is 33.2 Å². The average molecular weight is 1030 g/mol. The molecule has 4 fully saturated rings. The molecule has 2 saturated carbocycles. The number of hydrogen-bond acceptors (Lipinski definition) is 20. The quantitative estimate of drug-likeness (QED) is 0.0462. The highest BCUT2D eigenvalue weighted by Gasteiger charge is 2.78. The number of aliphatic hydroxyl groups is 7. The number of esters is 4. The van der Waals surface area contributed by atoms with Gasteiger partial charge in [0.05, 0.1) is 36.9 Å². The van der Waals surface area contributed by atoms with Gasteiger partial charge in [-0.2, -0.15) is 0 Å². The van der Waals surface area contributed by atoms with Crippen LogP contribution in [0.1, 0.15) is 95.6 Å². The number of carbonyl (C=O) groups is 6. The van der Waals surface area contributed by atoms with Gasteiger partial charge in [-0.3, -0.25) is 19.2 Å². The molecule has 5 unspecified atom stereocenters. The molecule has 400 valence electrons. The van der Waals surface area contributed by atoms with Crippen LogP contribution < -0.4 is 5.32 Å². The van der Waals surface area contributed by atoms with Crippen molar-refractivity contribution < 1.29 is 97.7 Å². The number of hydrogen-bond donors (Lipinski definition) is 8. The fraction of sp³-hybridized carbons (Fsp3) is 0.615. The fourth-order valence-corrected chi connectivity index (χ4v) is 11.8. The maximum atomic E-state index is 15.8. The molecule has 0 spiro atoms. The molecule has 2 heterocycles. The first-order valence-electron chi connectivity index (χ1n) is 24.5. The summed E-state index contributed by atoms with van der Waals surface area (Å²) < 4.78 is 41.1. The van der Waals surface area contributed by atoms with Crippen molar-refractivity contribution in [3.05, 3.63) is 82.9 Å². The number of fused-ring (bicyclic) bond motifs is 5. The van der Waals surface area contributed by atoms with Crippen molar-refractivity contribution in [2.75, 3.05) is 26.4 Å². The molecule has 73 heavy (non-hydrogen) atoms. The van der Waals surface area contributed by atoms with Gasteiger partial charge in [-0.05, 0) is 62.0 Å². The van der Waals surface area contributed by atoms with Gasteiger partial charge in [0, 0.05) is 50.2 Å². The molecule has 5 aliphatic rings. The normalized spacial score (nSPS) is 35.3. The summed E-state index contributed by atoms with van der Waals surface area (Å²) in [5.74, 6) is -7.19. The van der Waals surface area contributed by atoms with Gasteiger partial charge in [-0.1, -0.05) is 62.4 Å². The lowest BCUT2D eigenvalue weighted by Gasteiger charge is -2.67. The molecule has 3 aliphatic carbocycles. The van der Waals surface area contributed by atoms with E-state index in [-0.39, 0.29) is 42.8 Å². The first-order chi connectivity index (χ1) is 34.4. The molecule has 16 atom stereocenters. The summed E-state index contributed by atoms with van der Waals surface area (Å²) in [6.45, 7) is 6.45. The van der Waals surface area contributed by atoms with Crippen LogP contribution in [0.25, 0.3) is 0 Å². The molecule has 21 heteroatoms. The standard InChI is InChI=1S/C52H67NO20/c1-26-32(71-48(65)41(60)38(29-15-9-7-10-16-29)53-47(64)30-17-11-8-12-18-30)22-52(66)46(63)44-50(6,45(62)43(69-27(2)55)37(26)49(52,4)5)34(21-35-51(44,25-68-35)73-28(3)56)72-36(57)24-67-20-14-13-19-31-39(58)42(61)40(59)33(23-54)70-31/h7-12,15-18,31-35,38-44,46,54,58-61,63,66H,13-14,19-25H2,1-6H3,(H,53,64)/t31?,32-,33?,34-,35+,38-,39?,40?,41+,42?,43+,44-,46-,50+,51-,52+/m0/s1. The Balaban J connectivity index is 1.18. The number of aliphatic hydroxyl groups excluding tert-OH is 6. The minimum Gasteiger partial charge on any atom is -0.459 e. The molecule has 0 aromatic heterocycles. The largest absolute Gasteiger partial charge is 0.459 e. The number of carbonyl (C=O) groups excluding carboxylic acids is 6. The highest BCUT2D eigenvalue weighted by molar-refractivity contribution is 5.96. The van der Waals surface area contributed by atoms with Crippen LogP contribution in [0, 0.1) is 16.7 Å². The van der Waals surface area contributed by atoms with Crippen molar-refractivity contribution in [2.24, 2.45) is 16.7 Å². The monoisotopic (exact) mass is 1030 g/mol. The first kappa shape index (κ1) is 55.5. The van der Waals surface area contributed by atoms with E-state index in [0.29, 0.717) is 18.4 Å². The van der Waals surface area contributed by atoms with Gasteiger partial charge in [0.2, 0.25) is 0 Å². The lowest BCUT2D eigenvalue weighted by Crippen LogP contribution is -2.81. The van der Waals surface area contributed by atoms with Crippen molar-refractivity contribution in [1.29, 1.82) is 0 Å². The van der Waals surface area contributed by atoms with Crippen molar-refractivity contribution in [3.63, 3.8) is 0 Å². The number of rotatable bonds is 17. The zero-order valence-corrected chi connectivity index (χ0v) is 41.6. The van der Waals surface area contributed by atoms with Gasteiger partial charge < -0.3 is 74.2 Å². The Bertz CT molecular complexity index is 2400. The van der Waals surface area contributed by atoms with E-state index >= 15 is 4.79 Å². The Kier molecular flexibility index (Phi) is 16.7. The number of ketones is 1. The van der Waals surface area contributed by atoms with E-state index in [1.807, 2.05) is 0 Å². The molecular formula is C52H67NO20. The fourth-order valence-electron chi connectivity index (χ4n) is 11.8. The minimum atomic E-state index is -2.46. The van der Waals surface area contributed by atoms with E-state index in [1.165, 1.54) is 27.7 Å². The van der Waals surface area contributed by atoms with Gasteiger partial charge in [0.1, 0.15) is 54.9 Å². The molecule has 2 aliphatic heterocycles. The van der Waals surface area contributed by atoms with Crippen LogP contribution in [0.3, 0.4) is 0 Å². The molecule has 7 rings (SSSR count). The highest BCUT2D eigenvalue weighted by atomic mass is 16.6. The van der Waals surface area contributed by atoms with Crippen LogP contribution in [-0.4, -0.2) is 176 Å². The Labute approximate surface area is 421 Å². The van der Waals surface area contributed by atoms with E-state index in [2.05, 4.69) is 5.32 Å². The number of ether oxygens (including phenoxy) is 7. The lowest BCUT2D eigenvalue weighted by molar-refractivity contribution is -0.347. The molecule has 2 aromatic carbocycles. The summed E-state index contributed by atoms with van der Waals surface area (Å²) in [5, 5.41) is 80.9. The Morgan fingerprint density at radius 2 is 1.49 bits per heavy atom. The number of benzene rings is 2. The SMILES string of the molecule is CC(=O)O[C@H]1C(=O)[C@]2(C)[C@@H](OC(=O)COCCCCC3OC(CO)C(O)C(O)C3O)C[C@H]3OC[C@@]3(OC(C)=O)[C@H]2[C@H](O)[C@]2(O)C[C@H](OC(=O)[C@H](O)[C@@H](NC(=O)c3ccccc3)c3ccccc3)C(C)=C1C2(C)C. The molecule has 21 nitrogen and oxygen atoms in total. The molecule has 8 N–H and O–H groups in total. The zero-order valence-electron chi connectivity index (χ0n) is 41.6. The summed E-state index contributed by atoms with van der Waals surface area (Å²) in [5.41, 5.74) is -7.49. The second-order valence-electron chi connectivity index (χ2n) is 20.5. The third-order valence-corrected chi connectivity index (χ3v) is 15.7. The van der Waals surface area contributed by atoms with Crippen LogP contribution in [-0.2, 0) is 57.1 Å². The number of unbranched alkanes of at least 4 members (excludes halogenated alkanes) is 1. The minimum absolute atomic E-state index is 0.00188. The summed E-state index contributed by atoms with van der Waals surface area (Å²) >= 11 is 0. The lowest BCUT2D eigenvalue weighted by atomic mass is 9.44. The highest BCUT2D eigenvalue weighted by Crippen LogP contribution is 2.64. The van der Waals surface area contributed by atoms with Crippen LogP contribution in [0.4, 0.5) is 0 Å². The molecule has 2 bridgehead atoms. The third-order valence-electron chi connectivity index (χ3n) is 15.7. The van der Waals surface area contributed by atoms with Gasteiger partial charge in [0.25, 0.3) is 5.91 Å². The van der Waals surface area contributed by atoms with E-state index < -0.39 is 156 Å². The van der Waals surface area contributed by atoms with Crippen LogP contribution in [0.15, 0.2) is 71.8 Å². The molecule has 1 amide bonds. The molecule has 2 saturated heterocycles. The molecular weight excluding hydrogens is 959 g/mol. The molecule has 0 radical (unpaired) electrons. The van der Waals surface area contributed by atoms with Crippen molar-refractivity contribution in [3.8, 4) is 0 Å². The second kappa shape index (κ2) is 21.9. The first-order valence-corrected chi connectivity index (χ1v) is 24.5. The number of nitrogens with one attached hydrogen (secondary N) is 1. The van der Waals surface area contributed by atoms with Crippen LogP contribution in [0.2, 0.25) is 0 Å². The summed E-state index contributed by atoms with van der Waals surface area (Å²) in [6, 6.07) is 14.9. The van der Waals surface area contributed by atoms with E-state index in [9.17, 15) is 59.7 Å². The Morgan fingerprint density at radius 3 is 2.10 bits per heavy atom. The van der Waals surface area contributed by atoms with Gasteiger partial charge in [0.15, 0.2) is 23.6 Å². The van der Waals surface area contributed by atoms with Crippen molar-refractivity contribution in [1.82, 2.24) is 5.32 Å². The maximum absolute atomic E-state index is 15.8. The Hall–Kier alpha value is -5.20. The van der Waals surface area contributed by atoms with Crippen molar-refractivity contribution >= 4 is 35.6 Å². The summed E-state index contributed by atoms with van der Waals surface area (Å²) in [7, 11) is 0. The summed E-state index contributed by atoms with van der Waals surface area (Å²) in [6.07, 6.45) is -16.5. The van der Waals surface area contributed by atoms with Gasteiger partial charge in [-0.15, -0.1) is 0 Å². The average Bonchev–Trinajstić information content (AvgIpc) is 3.35. The van der Waals surface area contributed by atoms with Crippen LogP contribution in [0.5, 0.6) is 0 Å². The van der Waals surface area contributed by atoms with Gasteiger partial charge >= 0.3 is 23.9 Å². The maximum Gasteiger partial charge on any atom is 0.338 e. The molecule has 2 aromatic rings. The smallest absolute Gasteiger partial charge is 0.338 e. The number of amides is 1. The predicted molar refractivity (Wildman–Crippen MR) is 250 cm³/mol. The topological polar surface area (TPSA) is 321 Å². The van der Waals surface area contributed by atoms with E-state index in [0.717, 1.165) is 13.8 Å². The van der Waals surface area contributed by atoms with Crippen molar-refractivity contribution in [2.45, 2.75) is 158 Å². The number of Topliss-reactive ketones (excluding diaryl/α,β-unsaturated/α-hetero) is 1. The van der Waals surface area contributed by atoms with Gasteiger partial charge in [-0.25, -0.2) is 9.59 Å². The van der Waals surface area contributed by atoms with Crippen LogP contribution >= 0.6 is 0 Å². The second-order valence-corrected chi connectivity index (χ2v) is 20.5. The summed E-state index contributed by atoms with van der Waals surface area (Å²) in [4.78, 5) is 83.3. The Morgan fingerprint density at radius 1 is 0.849 bits per heavy atom. The zero-order chi connectivity index (χ0) is 53.4. The predicted octanol–water partition coefficient (Wildman–Crippen LogP) is 0.451. The third kappa shape index (κ3) is 10.3. The van der Waals surface area contributed by atoms with E-state index in [1.54, 1.807) is 60.7 Å².